The number of nitrogens with zero attached hydrogens (tertiary/aromatic N) is 2. The highest BCUT2D eigenvalue weighted by atomic mass is 32.1. The Morgan fingerprint density at radius 1 is 1.19 bits per heavy atom. The molecular formula is C20H29N5S. The van der Waals surface area contributed by atoms with Gasteiger partial charge >= 0.3 is 0 Å². The van der Waals surface area contributed by atoms with Crippen molar-refractivity contribution in [1.29, 1.82) is 0 Å². The van der Waals surface area contributed by atoms with Crippen molar-refractivity contribution in [3.8, 4) is 0 Å². The van der Waals surface area contributed by atoms with Crippen molar-refractivity contribution in [3.63, 3.8) is 0 Å². The minimum Gasteiger partial charge on any atom is -0.362 e. The number of hydrogen-bond donors (Lipinski definition) is 3. The monoisotopic (exact) mass is 371 g/mol. The van der Waals surface area contributed by atoms with E-state index < -0.39 is 0 Å². The normalized spacial score (nSPS) is 14.5. The molecule has 1 aromatic heterocycles. The number of anilines is 2. The largest absolute Gasteiger partial charge is 0.362 e. The van der Waals surface area contributed by atoms with Gasteiger partial charge in [0.15, 0.2) is 5.11 Å². The van der Waals surface area contributed by atoms with Gasteiger partial charge in [0.05, 0.1) is 5.52 Å². The van der Waals surface area contributed by atoms with Crippen LogP contribution < -0.4 is 21.3 Å². The molecule has 1 fully saturated rings. The molecule has 3 rings (SSSR count). The van der Waals surface area contributed by atoms with Gasteiger partial charge in [-0.1, -0.05) is 0 Å². The maximum absolute atomic E-state index is 5.51. The average molecular weight is 372 g/mol. The lowest BCUT2D eigenvalue weighted by atomic mass is 10.1. The summed E-state index contributed by atoms with van der Waals surface area (Å²) in [6.07, 6.45) is 5.89. The summed E-state index contributed by atoms with van der Waals surface area (Å²) < 4.78 is 0. The highest BCUT2D eigenvalue weighted by molar-refractivity contribution is 7.80. The third-order valence-corrected chi connectivity index (χ3v) is 5.10. The maximum Gasteiger partial charge on any atom is 0.170 e. The zero-order valence-corrected chi connectivity index (χ0v) is 16.4. The number of rotatable bonds is 6. The molecule has 4 N–H and O–H groups in total. The van der Waals surface area contributed by atoms with Gasteiger partial charge in [-0.25, -0.2) is 4.98 Å². The smallest absolute Gasteiger partial charge is 0.170 e. The number of aromatic nitrogens is 1. The molecule has 1 aliphatic rings. The van der Waals surface area contributed by atoms with Crippen molar-refractivity contribution >= 4 is 39.7 Å². The summed E-state index contributed by atoms with van der Waals surface area (Å²) in [6, 6.07) is 8.46. The number of benzene rings is 1. The molecule has 0 aliphatic carbocycles. The molecule has 0 bridgehead atoms. The number of aryl methyl sites for hydroxylation is 1. The van der Waals surface area contributed by atoms with Gasteiger partial charge < -0.3 is 21.3 Å². The molecule has 0 unspecified atom stereocenters. The summed E-state index contributed by atoms with van der Waals surface area (Å²) in [5.41, 5.74) is 8.79. The minimum atomic E-state index is 0.650. The topological polar surface area (TPSA) is 66.2 Å². The molecule has 1 aromatic carbocycles. The minimum absolute atomic E-state index is 0.650. The van der Waals surface area contributed by atoms with E-state index in [9.17, 15) is 0 Å². The molecule has 6 heteroatoms. The summed E-state index contributed by atoms with van der Waals surface area (Å²) in [4.78, 5) is 7.29. The number of hydrogen-bond acceptors (Lipinski definition) is 4. The second-order valence-corrected chi connectivity index (χ2v) is 7.36. The third-order valence-electron chi connectivity index (χ3n) is 4.86. The predicted molar refractivity (Wildman–Crippen MR) is 115 cm³/mol. The van der Waals surface area contributed by atoms with Gasteiger partial charge in [0.1, 0.15) is 5.82 Å². The van der Waals surface area contributed by atoms with Crippen LogP contribution in [-0.4, -0.2) is 36.3 Å². The molecule has 5 nitrogen and oxygen atoms in total. The highest BCUT2D eigenvalue weighted by Gasteiger charge is 2.14. The van der Waals surface area contributed by atoms with Gasteiger partial charge in [-0.2, -0.15) is 0 Å². The Kier molecular flexibility index (Phi) is 6.63. The molecule has 2 heterocycles. The van der Waals surface area contributed by atoms with Crippen LogP contribution in [0, 0.1) is 6.92 Å². The van der Waals surface area contributed by atoms with Crippen LogP contribution in [0.1, 0.15) is 37.7 Å². The Hall–Kier alpha value is -1.92. The maximum atomic E-state index is 5.51. The van der Waals surface area contributed by atoms with Crippen LogP contribution in [0.15, 0.2) is 24.3 Å². The van der Waals surface area contributed by atoms with Crippen molar-refractivity contribution < 1.29 is 0 Å². The third kappa shape index (κ3) is 4.83. The molecule has 0 radical (unpaired) electrons. The summed E-state index contributed by atoms with van der Waals surface area (Å²) in [5, 5.41) is 8.31. The van der Waals surface area contributed by atoms with Crippen LogP contribution >= 0.6 is 12.2 Å². The van der Waals surface area contributed by atoms with Crippen LogP contribution in [0.5, 0.6) is 0 Å². The van der Waals surface area contributed by atoms with Crippen LogP contribution in [0.25, 0.3) is 10.9 Å². The van der Waals surface area contributed by atoms with E-state index in [1.165, 1.54) is 30.2 Å². The fourth-order valence-electron chi connectivity index (χ4n) is 3.39. The zero-order chi connectivity index (χ0) is 18.4. The molecule has 0 spiro atoms. The summed E-state index contributed by atoms with van der Waals surface area (Å²) in [6.45, 7) is 5.95. The fraction of sp³-hybridized carbons (Fsp3) is 0.500. The Bertz CT molecular complexity index is 755. The van der Waals surface area contributed by atoms with Gasteiger partial charge in [-0.15, -0.1) is 0 Å². The number of thiocarbonyl (C=S) groups is 1. The Morgan fingerprint density at radius 3 is 2.77 bits per heavy atom. The predicted octanol–water partition coefficient (Wildman–Crippen LogP) is 3.56. The van der Waals surface area contributed by atoms with Crippen molar-refractivity contribution in [2.45, 2.75) is 39.0 Å². The molecule has 140 valence electrons. The van der Waals surface area contributed by atoms with Crippen LogP contribution in [-0.2, 0) is 0 Å². The van der Waals surface area contributed by atoms with E-state index in [0.717, 1.165) is 56.0 Å². The Morgan fingerprint density at radius 2 is 2.00 bits per heavy atom. The first-order chi connectivity index (χ1) is 12.7. The Balaban J connectivity index is 1.70. The van der Waals surface area contributed by atoms with Crippen LogP contribution in [0.3, 0.4) is 0 Å². The molecule has 1 aliphatic heterocycles. The number of unbranched alkanes of at least 4 members (excludes halogenated alkanes) is 1. The molecule has 0 amide bonds. The van der Waals surface area contributed by atoms with Gasteiger partial charge in [0.2, 0.25) is 0 Å². The van der Waals surface area contributed by atoms with E-state index in [1.807, 2.05) is 6.07 Å². The SMILES string of the molecule is Cc1cc(N2CCCCC2)nc2ccc(NC(=S)NCCCCN)cc12. The van der Waals surface area contributed by atoms with Crippen molar-refractivity contribution in [2.75, 3.05) is 36.4 Å². The van der Waals surface area contributed by atoms with E-state index in [1.54, 1.807) is 0 Å². The van der Waals surface area contributed by atoms with Gasteiger partial charge in [-0.05, 0) is 87.6 Å². The van der Waals surface area contributed by atoms with E-state index in [-0.39, 0.29) is 0 Å². The lowest BCUT2D eigenvalue weighted by Gasteiger charge is -2.28. The van der Waals surface area contributed by atoms with Crippen molar-refractivity contribution in [1.82, 2.24) is 10.3 Å². The quantitative estimate of drug-likeness (QED) is 0.533. The second kappa shape index (κ2) is 9.14. The van der Waals surface area contributed by atoms with E-state index in [2.05, 4.69) is 40.7 Å². The standard InChI is InChI=1S/C20H29N5S/c1-15-13-19(25-11-5-2-6-12-25)24-18-8-7-16(14-17(15)18)23-20(26)22-10-4-3-9-21/h7-8,13-14H,2-6,9-12,21H2,1H3,(H2,22,23,26). The number of fused-ring (bicyclic) bond motifs is 1. The van der Waals surface area contributed by atoms with Crippen molar-refractivity contribution in [2.24, 2.45) is 5.73 Å². The second-order valence-electron chi connectivity index (χ2n) is 6.95. The van der Waals surface area contributed by atoms with E-state index in [0.29, 0.717) is 5.11 Å². The summed E-state index contributed by atoms with van der Waals surface area (Å²) in [7, 11) is 0. The zero-order valence-electron chi connectivity index (χ0n) is 15.6. The summed E-state index contributed by atoms with van der Waals surface area (Å²) >= 11 is 5.37. The first-order valence-corrected chi connectivity index (χ1v) is 9.99. The Labute approximate surface area is 161 Å². The van der Waals surface area contributed by atoms with Crippen LogP contribution in [0.2, 0.25) is 0 Å². The number of nitrogens with two attached hydrogens (primary N) is 1. The van der Waals surface area contributed by atoms with Gasteiger partial charge in [0.25, 0.3) is 0 Å². The first kappa shape index (κ1) is 18.9. The van der Waals surface area contributed by atoms with E-state index in [4.69, 9.17) is 22.9 Å². The lowest BCUT2D eigenvalue weighted by Crippen LogP contribution is -2.30. The highest BCUT2D eigenvalue weighted by Crippen LogP contribution is 2.26. The number of piperidine rings is 1. The van der Waals surface area contributed by atoms with Crippen LogP contribution in [0.4, 0.5) is 11.5 Å². The molecule has 1 saturated heterocycles. The lowest BCUT2D eigenvalue weighted by molar-refractivity contribution is 0.574. The molecular weight excluding hydrogens is 342 g/mol. The number of nitrogens with one attached hydrogen (secondary N) is 2. The summed E-state index contributed by atoms with van der Waals surface area (Å²) in [5.74, 6) is 1.10. The average Bonchev–Trinajstić information content (AvgIpc) is 2.66. The van der Waals surface area contributed by atoms with Gasteiger partial charge in [0, 0.05) is 30.7 Å². The molecule has 0 atom stereocenters. The molecule has 0 saturated carbocycles. The van der Waals surface area contributed by atoms with Crippen molar-refractivity contribution in [3.05, 3.63) is 29.8 Å². The van der Waals surface area contributed by atoms with Gasteiger partial charge in [-0.3, -0.25) is 0 Å². The number of pyridine rings is 1. The van der Waals surface area contributed by atoms with E-state index >= 15 is 0 Å². The molecule has 2 aromatic rings. The first-order valence-electron chi connectivity index (χ1n) is 9.58. The molecule has 26 heavy (non-hydrogen) atoms. The fourth-order valence-corrected chi connectivity index (χ4v) is 3.61.